The Morgan fingerprint density at radius 2 is 1.92 bits per heavy atom. The van der Waals surface area contributed by atoms with E-state index in [4.69, 9.17) is 0 Å². The summed E-state index contributed by atoms with van der Waals surface area (Å²) in [6.45, 7) is 10.3. The van der Waals surface area contributed by atoms with Gasteiger partial charge in [0.05, 0.1) is 6.54 Å². The fourth-order valence-electron chi connectivity index (χ4n) is 1.10. The van der Waals surface area contributed by atoms with Crippen molar-refractivity contribution in [2.24, 2.45) is 5.10 Å². The van der Waals surface area contributed by atoms with E-state index in [2.05, 4.69) is 24.4 Å². The quantitative estimate of drug-likeness (QED) is 0.375. The standard InChI is InChI=1S/C10H23N3/c1-5-7-8-9-13(11-6-2)12-10(3)4/h11H,5-9H2,1-4H3. The zero-order valence-corrected chi connectivity index (χ0v) is 9.43. The summed E-state index contributed by atoms with van der Waals surface area (Å²) >= 11 is 0. The maximum atomic E-state index is 4.38. The molecule has 0 heterocycles. The van der Waals surface area contributed by atoms with E-state index in [1.54, 1.807) is 0 Å². The first-order valence-electron chi connectivity index (χ1n) is 5.23. The molecular formula is C10H23N3. The molecule has 3 nitrogen and oxygen atoms in total. The van der Waals surface area contributed by atoms with Gasteiger partial charge in [-0.25, -0.2) is 10.5 Å². The van der Waals surface area contributed by atoms with Crippen molar-refractivity contribution in [2.75, 3.05) is 13.1 Å². The molecule has 0 aromatic rings. The normalized spacial score (nSPS) is 9.85. The van der Waals surface area contributed by atoms with Crippen LogP contribution < -0.4 is 5.43 Å². The van der Waals surface area contributed by atoms with Crippen molar-refractivity contribution in [1.82, 2.24) is 10.5 Å². The third-order valence-corrected chi connectivity index (χ3v) is 1.63. The lowest BCUT2D eigenvalue weighted by molar-refractivity contribution is 0.197. The molecule has 0 rings (SSSR count). The van der Waals surface area contributed by atoms with Crippen LogP contribution in [0, 0.1) is 0 Å². The maximum absolute atomic E-state index is 4.38. The van der Waals surface area contributed by atoms with Gasteiger partial charge in [0.25, 0.3) is 0 Å². The van der Waals surface area contributed by atoms with E-state index in [1.807, 2.05) is 19.0 Å². The van der Waals surface area contributed by atoms with Gasteiger partial charge in [-0.3, -0.25) is 0 Å². The molecule has 0 radical (unpaired) electrons. The molecule has 0 amide bonds. The lowest BCUT2D eigenvalue weighted by atomic mass is 10.2. The van der Waals surface area contributed by atoms with Gasteiger partial charge in [0, 0.05) is 12.3 Å². The number of rotatable bonds is 7. The van der Waals surface area contributed by atoms with Crippen molar-refractivity contribution in [3.63, 3.8) is 0 Å². The Hall–Kier alpha value is -0.570. The van der Waals surface area contributed by atoms with Gasteiger partial charge in [-0.05, 0) is 20.3 Å². The van der Waals surface area contributed by atoms with Crippen LogP contribution in [0.5, 0.6) is 0 Å². The van der Waals surface area contributed by atoms with Crippen LogP contribution in [0.4, 0.5) is 0 Å². The Bertz CT molecular complexity index is 139. The number of nitrogens with zero attached hydrogens (tertiary/aromatic N) is 2. The molecule has 0 unspecified atom stereocenters. The number of hydrogen-bond donors (Lipinski definition) is 1. The van der Waals surface area contributed by atoms with Gasteiger partial charge in [0.2, 0.25) is 0 Å². The summed E-state index contributed by atoms with van der Waals surface area (Å²) in [6, 6.07) is 0. The maximum Gasteiger partial charge on any atom is 0.0533 e. The van der Waals surface area contributed by atoms with Crippen LogP contribution >= 0.6 is 0 Å². The second kappa shape index (κ2) is 8.05. The van der Waals surface area contributed by atoms with Gasteiger partial charge in [-0.1, -0.05) is 26.7 Å². The van der Waals surface area contributed by atoms with Crippen LogP contribution in [0.3, 0.4) is 0 Å². The highest BCUT2D eigenvalue weighted by Crippen LogP contribution is 1.96. The highest BCUT2D eigenvalue weighted by Gasteiger charge is 1.97. The number of nitrogens with one attached hydrogen (secondary N) is 1. The van der Waals surface area contributed by atoms with Gasteiger partial charge in [-0.2, -0.15) is 5.10 Å². The Morgan fingerprint density at radius 3 is 2.38 bits per heavy atom. The fraction of sp³-hybridized carbons (Fsp3) is 0.900. The summed E-state index contributed by atoms with van der Waals surface area (Å²) in [5, 5.41) is 6.33. The van der Waals surface area contributed by atoms with Crippen LogP contribution in [0.2, 0.25) is 0 Å². The lowest BCUT2D eigenvalue weighted by Crippen LogP contribution is -2.34. The smallest absolute Gasteiger partial charge is 0.0533 e. The molecule has 0 saturated heterocycles. The van der Waals surface area contributed by atoms with E-state index in [9.17, 15) is 0 Å². The summed E-state index contributed by atoms with van der Waals surface area (Å²) in [6.07, 6.45) is 3.75. The first kappa shape index (κ1) is 12.4. The van der Waals surface area contributed by atoms with Crippen molar-refractivity contribution < 1.29 is 0 Å². The molecule has 13 heavy (non-hydrogen) atoms. The van der Waals surface area contributed by atoms with Gasteiger partial charge in [-0.15, -0.1) is 0 Å². The first-order chi connectivity index (χ1) is 6.20. The summed E-state index contributed by atoms with van der Waals surface area (Å²) in [7, 11) is 0. The topological polar surface area (TPSA) is 27.6 Å². The van der Waals surface area contributed by atoms with Crippen LogP contribution in [-0.2, 0) is 0 Å². The average molecular weight is 185 g/mol. The second-order valence-corrected chi connectivity index (χ2v) is 3.39. The van der Waals surface area contributed by atoms with Crippen LogP contribution in [-0.4, -0.2) is 23.9 Å². The Labute approximate surface area is 82.2 Å². The van der Waals surface area contributed by atoms with Gasteiger partial charge >= 0.3 is 0 Å². The summed E-state index contributed by atoms with van der Waals surface area (Å²) < 4.78 is 0. The number of hydrazone groups is 1. The van der Waals surface area contributed by atoms with E-state index in [0.29, 0.717) is 0 Å². The molecule has 0 aromatic heterocycles. The van der Waals surface area contributed by atoms with Crippen LogP contribution in [0.15, 0.2) is 5.10 Å². The Morgan fingerprint density at radius 1 is 1.23 bits per heavy atom. The van der Waals surface area contributed by atoms with Crippen molar-refractivity contribution in [1.29, 1.82) is 0 Å². The molecule has 3 heteroatoms. The highest BCUT2D eigenvalue weighted by molar-refractivity contribution is 5.78. The van der Waals surface area contributed by atoms with E-state index in [-0.39, 0.29) is 0 Å². The largest absolute Gasteiger partial charge is 0.230 e. The van der Waals surface area contributed by atoms with Crippen molar-refractivity contribution in [2.45, 2.75) is 47.0 Å². The number of hydrazine groups is 1. The zero-order chi connectivity index (χ0) is 10.1. The molecule has 0 aliphatic heterocycles. The molecule has 78 valence electrons. The van der Waals surface area contributed by atoms with E-state index >= 15 is 0 Å². The Kier molecular flexibility index (Phi) is 7.69. The van der Waals surface area contributed by atoms with Gasteiger partial charge in [0.15, 0.2) is 0 Å². The fourth-order valence-corrected chi connectivity index (χ4v) is 1.10. The minimum Gasteiger partial charge on any atom is -0.230 e. The van der Waals surface area contributed by atoms with E-state index in [0.717, 1.165) is 18.8 Å². The molecule has 0 bridgehead atoms. The molecule has 0 spiro atoms. The summed E-state index contributed by atoms with van der Waals surface area (Å²) in [5.74, 6) is 0. The predicted molar refractivity (Wildman–Crippen MR) is 58.7 cm³/mol. The predicted octanol–water partition coefficient (Wildman–Crippen LogP) is 2.40. The van der Waals surface area contributed by atoms with Crippen LogP contribution in [0.25, 0.3) is 0 Å². The highest BCUT2D eigenvalue weighted by atomic mass is 15.7. The molecule has 0 fully saturated rings. The summed E-state index contributed by atoms with van der Waals surface area (Å²) in [4.78, 5) is 0. The zero-order valence-electron chi connectivity index (χ0n) is 9.43. The Balaban J connectivity index is 3.73. The van der Waals surface area contributed by atoms with Gasteiger partial charge < -0.3 is 0 Å². The molecular weight excluding hydrogens is 162 g/mol. The minimum atomic E-state index is 0.933. The molecule has 0 aromatic carbocycles. The lowest BCUT2D eigenvalue weighted by Gasteiger charge is -2.19. The monoisotopic (exact) mass is 185 g/mol. The molecule has 0 saturated carbocycles. The third kappa shape index (κ3) is 7.78. The minimum absolute atomic E-state index is 0.933. The van der Waals surface area contributed by atoms with Crippen molar-refractivity contribution in [3.05, 3.63) is 0 Å². The van der Waals surface area contributed by atoms with E-state index in [1.165, 1.54) is 19.3 Å². The van der Waals surface area contributed by atoms with E-state index < -0.39 is 0 Å². The van der Waals surface area contributed by atoms with Crippen molar-refractivity contribution in [3.8, 4) is 0 Å². The third-order valence-electron chi connectivity index (χ3n) is 1.63. The van der Waals surface area contributed by atoms with Crippen LogP contribution in [0.1, 0.15) is 47.0 Å². The second-order valence-electron chi connectivity index (χ2n) is 3.39. The van der Waals surface area contributed by atoms with Gasteiger partial charge in [0.1, 0.15) is 0 Å². The SMILES string of the molecule is CCCCCN(N=C(C)C)NCC. The number of hydrogen-bond acceptors (Lipinski definition) is 3. The first-order valence-corrected chi connectivity index (χ1v) is 5.23. The average Bonchev–Trinajstić information content (AvgIpc) is 2.04. The molecule has 0 aliphatic rings. The molecule has 0 atom stereocenters. The van der Waals surface area contributed by atoms with Crippen molar-refractivity contribution >= 4 is 5.71 Å². The number of unbranched alkanes of at least 4 members (excludes halogenated alkanes) is 2. The molecule has 1 N–H and O–H groups in total. The molecule has 0 aliphatic carbocycles. The summed E-state index contributed by atoms with van der Waals surface area (Å²) in [5.41, 5.74) is 4.31.